The van der Waals surface area contributed by atoms with Crippen LogP contribution in [0.15, 0.2) is 34.8 Å². The highest BCUT2D eigenvalue weighted by atomic mass is 79.9. The van der Waals surface area contributed by atoms with Crippen LogP contribution in [0.1, 0.15) is 24.7 Å². The zero-order valence-electron chi connectivity index (χ0n) is 11.6. The summed E-state index contributed by atoms with van der Waals surface area (Å²) in [5, 5.41) is 0.500. The van der Waals surface area contributed by atoms with Gasteiger partial charge in [-0.15, -0.1) is 0 Å². The van der Waals surface area contributed by atoms with Crippen LogP contribution in [0.2, 0.25) is 5.15 Å². The monoisotopic (exact) mass is 353 g/mol. The van der Waals surface area contributed by atoms with Crippen molar-refractivity contribution >= 4 is 33.3 Å². The third-order valence-corrected chi connectivity index (χ3v) is 3.59. The lowest BCUT2D eigenvalue weighted by Crippen LogP contribution is -2.18. The molecule has 0 aliphatic rings. The Bertz CT molecular complexity index is 589. The third-order valence-electron chi connectivity index (χ3n) is 2.90. The summed E-state index contributed by atoms with van der Waals surface area (Å²) < 4.78 is 1.08. The number of aryl methyl sites for hydroxylation is 1. The number of nitrogens with zero attached hydrogens (tertiary/aromatic N) is 3. The van der Waals surface area contributed by atoms with Gasteiger partial charge in [-0.05, 0) is 24.1 Å². The van der Waals surface area contributed by atoms with Crippen molar-refractivity contribution in [3.8, 4) is 0 Å². The maximum Gasteiger partial charge on any atom is 0.134 e. The molecule has 5 heteroatoms. The number of hydrogen-bond acceptors (Lipinski definition) is 3. The molecule has 2 aromatic rings. The summed E-state index contributed by atoms with van der Waals surface area (Å²) in [7, 11) is 2.01. The van der Waals surface area contributed by atoms with Crippen molar-refractivity contribution in [2.75, 3.05) is 11.9 Å². The molecule has 0 spiro atoms. The molecule has 20 heavy (non-hydrogen) atoms. The summed E-state index contributed by atoms with van der Waals surface area (Å²) in [5.74, 6) is 1.66. The first kappa shape index (κ1) is 15.3. The maximum atomic E-state index is 6.07. The van der Waals surface area contributed by atoms with Gasteiger partial charge in [-0.1, -0.05) is 46.6 Å². The molecule has 1 heterocycles. The van der Waals surface area contributed by atoms with Gasteiger partial charge in [-0.3, -0.25) is 0 Å². The number of anilines is 1. The van der Waals surface area contributed by atoms with Gasteiger partial charge in [-0.2, -0.15) is 0 Å². The molecular formula is C15H17BrClN3. The van der Waals surface area contributed by atoms with Gasteiger partial charge in [0.2, 0.25) is 0 Å². The van der Waals surface area contributed by atoms with E-state index >= 15 is 0 Å². The molecule has 2 rings (SSSR count). The Morgan fingerprint density at radius 1 is 1.25 bits per heavy atom. The lowest BCUT2D eigenvalue weighted by molar-refractivity contribution is 0.812. The van der Waals surface area contributed by atoms with E-state index in [2.05, 4.69) is 49.9 Å². The van der Waals surface area contributed by atoms with E-state index in [9.17, 15) is 0 Å². The van der Waals surface area contributed by atoms with Crippen LogP contribution in [-0.4, -0.2) is 17.0 Å². The predicted octanol–water partition coefficient (Wildman–Crippen LogP) is 4.48. The molecule has 1 aromatic heterocycles. The zero-order valence-corrected chi connectivity index (χ0v) is 13.9. The van der Waals surface area contributed by atoms with Gasteiger partial charge in [0.1, 0.15) is 16.8 Å². The fraction of sp³-hybridized carbons (Fsp3) is 0.333. The Morgan fingerprint density at radius 3 is 2.75 bits per heavy atom. The van der Waals surface area contributed by atoms with Gasteiger partial charge in [-0.25, -0.2) is 9.97 Å². The van der Waals surface area contributed by atoms with Crippen molar-refractivity contribution in [3.63, 3.8) is 0 Å². The van der Waals surface area contributed by atoms with E-state index in [0.29, 0.717) is 5.15 Å². The number of benzene rings is 1. The van der Waals surface area contributed by atoms with E-state index in [0.717, 1.165) is 35.5 Å². The van der Waals surface area contributed by atoms with Crippen molar-refractivity contribution < 1.29 is 0 Å². The minimum Gasteiger partial charge on any atom is -0.355 e. The van der Waals surface area contributed by atoms with E-state index in [1.54, 1.807) is 6.07 Å². The second kappa shape index (κ2) is 7.04. The molecule has 0 amide bonds. The smallest absolute Gasteiger partial charge is 0.134 e. The summed E-state index contributed by atoms with van der Waals surface area (Å²) in [6.45, 7) is 2.88. The number of rotatable bonds is 5. The average Bonchev–Trinajstić information content (AvgIpc) is 2.38. The fourth-order valence-electron chi connectivity index (χ4n) is 1.97. The highest BCUT2D eigenvalue weighted by molar-refractivity contribution is 9.10. The van der Waals surface area contributed by atoms with Crippen molar-refractivity contribution in [2.24, 2.45) is 0 Å². The Labute approximate surface area is 133 Å². The van der Waals surface area contributed by atoms with E-state index in [-0.39, 0.29) is 0 Å². The quantitative estimate of drug-likeness (QED) is 0.741. The third kappa shape index (κ3) is 4.18. The van der Waals surface area contributed by atoms with Crippen molar-refractivity contribution in [1.82, 2.24) is 9.97 Å². The van der Waals surface area contributed by atoms with E-state index in [1.165, 1.54) is 5.56 Å². The van der Waals surface area contributed by atoms with Crippen LogP contribution in [-0.2, 0) is 13.0 Å². The lowest BCUT2D eigenvalue weighted by atomic mass is 10.2. The average molecular weight is 355 g/mol. The molecular weight excluding hydrogens is 338 g/mol. The summed E-state index contributed by atoms with van der Waals surface area (Å²) in [6, 6.07) is 10.1. The van der Waals surface area contributed by atoms with E-state index in [1.807, 2.05) is 19.2 Å². The lowest BCUT2D eigenvalue weighted by Gasteiger charge is -2.19. The van der Waals surface area contributed by atoms with Gasteiger partial charge in [0, 0.05) is 30.6 Å². The van der Waals surface area contributed by atoms with Crippen LogP contribution in [0.3, 0.4) is 0 Å². The maximum absolute atomic E-state index is 6.07. The Morgan fingerprint density at radius 2 is 2.05 bits per heavy atom. The van der Waals surface area contributed by atoms with Crippen LogP contribution < -0.4 is 4.90 Å². The summed E-state index contributed by atoms with van der Waals surface area (Å²) in [6.07, 6.45) is 1.85. The second-order valence-corrected chi connectivity index (χ2v) is 6.00. The molecule has 0 bridgehead atoms. The summed E-state index contributed by atoms with van der Waals surface area (Å²) >= 11 is 9.56. The van der Waals surface area contributed by atoms with Crippen molar-refractivity contribution in [3.05, 3.63) is 51.3 Å². The van der Waals surface area contributed by atoms with Crippen molar-refractivity contribution in [2.45, 2.75) is 26.3 Å². The van der Waals surface area contributed by atoms with Crippen LogP contribution in [0.5, 0.6) is 0 Å². The first-order valence-corrected chi connectivity index (χ1v) is 7.74. The van der Waals surface area contributed by atoms with Gasteiger partial charge >= 0.3 is 0 Å². The molecule has 0 aliphatic carbocycles. The molecule has 3 nitrogen and oxygen atoms in total. The van der Waals surface area contributed by atoms with Crippen LogP contribution in [0.4, 0.5) is 5.82 Å². The molecule has 106 valence electrons. The molecule has 0 radical (unpaired) electrons. The van der Waals surface area contributed by atoms with Crippen LogP contribution in [0, 0.1) is 0 Å². The summed E-state index contributed by atoms with van der Waals surface area (Å²) in [4.78, 5) is 10.9. The molecule has 0 N–H and O–H groups in total. The van der Waals surface area contributed by atoms with Crippen LogP contribution >= 0.6 is 27.5 Å². The number of aromatic nitrogens is 2. The largest absolute Gasteiger partial charge is 0.355 e. The van der Waals surface area contributed by atoms with Gasteiger partial charge < -0.3 is 4.90 Å². The minimum absolute atomic E-state index is 0.500. The SMILES string of the molecule is CCCc1nc(Cl)cc(N(C)Cc2cccc(Br)c2)n1. The molecule has 0 atom stereocenters. The molecule has 0 aliphatic heterocycles. The first-order valence-electron chi connectivity index (χ1n) is 6.57. The topological polar surface area (TPSA) is 29.0 Å². The Hall–Kier alpha value is -1.13. The highest BCUT2D eigenvalue weighted by Crippen LogP contribution is 2.19. The number of hydrogen-bond donors (Lipinski definition) is 0. The first-order chi connectivity index (χ1) is 9.58. The van der Waals surface area contributed by atoms with Gasteiger partial charge in [0.15, 0.2) is 0 Å². The van der Waals surface area contributed by atoms with Gasteiger partial charge in [0.25, 0.3) is 0 Å². The molecule has 0 saturated heterocycles. The molecule has 0 unspecified atom stereocenters. The second-order valence-electron chi connectivity index (χ2n) is 4.70. The fourth-order valence-corrected chi connectivity index (χ4v) is 2.61. The predicted molar refractivity (Wildman–Crippen MR) is 87.3 cm³/mol. The van der Waals surface area contributed by atoms with E-state index < -0.39 is 0 Å². The van der Waals surface area contributed by atoms with Crippen LogP contribution in [0.25, 0.3) is 0 Å². The highest BCUT2D eigenvalue weighted by Gasteiger charge is 2.08. The van der Waals surface area contributed by atoms with E-state index in [4.69, 9.17) is 11.6 Å². The van der Waals surface area contributed by atoms with Crippen molar-refractivity contribution in [1.29, 1.82) is 0 Å². The zero-order chi connectivity index (χ0) is 14.5. The van der Waals surface area contributed by atoms with Gasteiger partial charge in [0.05, 0.1) is 0 Å². The molecule has 0 fully saturated rings. The molecule has 1 aromatic carbocycles. The standard InChI is InChI=1S/C15H17BrClN3/c1-3-5-14-18-13(17)9-15(19-14)20(2)10-11-6-4-7-12(16)8-11/h4,6-9H,3,5,10H2,1-2H3. The Kier molecular flexibility index (Phi) is 5.38. The summed E-state index contributed by atoms with van der Waals surface area (Å²) in [5.41, 5.74) is 1.22. The normalized spacial score (nSPS) is 10.6. The number of halogens is 2. The minimum atomic E-state index is 0.500. The Balaban J connectivity index is 2.18. The molecule has 0 saturated carbocycles.